The highest BCUT2D eigenvalue weighted by atomic mass is 16.8. The minimum absolute atomic E-state index is 0.0886. The van der Waals surface area contributed by atoms with E-state index in [-0.39, 0.29) is 17.1 Å². The van der Waals surface area contributed by atoms with Gasteiger partial charge in [-0.25, -0.2) is 4.99 Å². The third-order valence-electron chi connectivity index (χ3n) is 4.21. The van der Waals surface area contributed by atoms with E-state index in [0.717, 1.165) is 0 Å². The number of hydrogen-bond donors (Lipinski definition) is 0. The molecule has 0 amide bonds. The second-order valence-electron chi connectivity index (χ2n) is 8.03. The molecule has 1 fully saturated rings. The molecule has 1 aromatic rings. The molecule has 0 aromatic heterocycles. The fourth-order valence-electron chi connectivity index (χ4n) is 3.09. The Morgan fingerprint density at radius 3 is 2.27 bits per heavy atom. The first-order valence-corrected chi connectivity index (χ1v) is 7.90. The van der Waals surface area contributed by atoms with Crippen molar-refractivity contribution in [2.45, 2.75) is 64.3 Å². The molecule has 4 heteroatoms. The molecule has 3 rings (SSSR count). The third-order valence-corrected chi connectivity index (χ3v) is 4.21. The highest BCUT2D eigenvalue weighted by Gasteiger charge is 2.61. The highest BCUT2D eigenvalue weighted by molar-refractivity contribution is 5.88. The van der Waals surface area contributed by atoms with Gasteiger partial charge in [0.15, 0.2) is 5.60 Å². The SMILES string of the molecule is CC1(C)COC([C@]2(C)ON(C(C)(C)C)[C@H]2c2ccccc2)=N1. The second kappa shape index (κ2) is 4.80. The van der Waals surface area contributed by atoms with E-state index < -0.39 is 5.60 Å². The topological polar surface area (TPSA) is 34.1 Å². The number of hydrogen-bond acceptors (Lipinski definition) is 4. The van der Waals surface area contributed by atoms with Gasteiger partial charge in [-0.05, 0) is 47.1 Å². The summed E-state index contributed by atoms with van der Waals surface area (Å²) in [6.07, 6.45) is 0. The van der Waals surface area contributed by atoms with Crippen LogP contribution in [-0.2, 0) is 9.57 Å². The molecule has 0 spiro atoms. The van der Waals surface area contributed by atoms with Crippen LogP contribution in [0.5, 0.6) is 0 Å². The van der Waals surface area contributed by atoms with Gasteiger partial charge in [0.05, 0.1) is 5.54 Å². The van der Waals surface area contributed by atoms with Crippen LogP contribution in [0.1, 0.15) is 53.1 Å². The molecule has 1 saturated heterocycles. The van der Waals surface area contributed by atoms with E-state index in [4.69, 9.17) is 14.6 Å². The van der Waals surface area contributed by atoms with Crippen LogP contribution < -0.4 is 0 Å². The second-order valence-corrected chi connectivity index (χ2v) is 8.03. The molecule has 22 heavy (non-hydrogen) atoms. The predicted molar refractivity (Wildman–Crippen MR) is 87.7 cm³/mol. The number of ether oxygens (including phenoxy) is 1. The Hall–Kier alpha value is -1.39. The standard InChI is InChI=1S/C18H26N2O2/c1-16(2,3)20-14(13-10-8-7-9-11-13)18(6,22-20)15-19-17(4,5)12-21-15/h7-11,14H,12H2,1-6H3/t14-,18+/m0/s1. The summed E-state index contributed by atoms with van der Waals surface area (Å²) in [4.78, 5) is 11.0. The summed E-state index contributed by atoms with van der Waals surface area (Å²) >= 11 is 0. The van der Waals surface area contributed by atoms with Gasteiger partial charge in [0, 0.05) is 5.54 Å². The molecule has 0 unspecified atom stereocenters. The van der Waals surface area contributed by atoms with E-state index in [0.29, 0.717) is 12.5 Å². The zero-order chi connectivity index (χ0) is 16.2. The first-order valence-electron chi connectivity index (χ1n) is 7.90. The molecule has 2 aliphatic rings. The van der Waals surface area contributed by atoms with Gasteiger partial charge in [0.2, 0.25) is 5.90 Å². The Labute approximate surface area is 133 Å². The minimum Gasteiger partial charge on any atom is -0.476 e. The number of nitrogens with zero attached hydrogens (tertiary/aromatic N) is 2. The van der Waals surface area contributed by atoms with Crippen molar-refractivity contribution in [1.82, 2.24) is 5.06 Å². The summed E-state index contributed by atoms with van der Waals surface area (Å²) in [5.41, 5.74) is 0.421. The molecule has 0 aliphatic carbocycles. The molecule has 2 atom stereocenters. The van der Waals surface area contributed by atoms with Crippen molar-refractivity contribution in [1.29, 1.82) is 0 Å². The third kappa shape index (κ3) is 2.44. The zero-order valence-corrected chi connectivity index (χ0v) is 14.4. The molecule has 2 heterocycles. The molecule has 2 aliphatic heterocycles. The highest BCUT2D eigenvalue weighted by Crippen LogP contribution is 2.50. The summed E-state index contributed by atoms with van der Waals surface area (Å²) in [6, 6.07) is 10.6. The van der Waals surface area contributed by atoms with E-state index in [1.165, 1.54) is 5.56 Å². The summed E-state index contributed by atoms with van der Waals surface area (Å²) in [5, 5.41) is 2.06. The molecule has 0 saturated carbocycles. The maximum atomic E-state index is 6.21. The molecular weight excluding hydrogens is 276 g/mol. The van der Waals surface area contributed by atoms with Crippen molar-refractivity contribution >= 4 is 5.90 Å². The van der Waals surface area contributed by atoms with Crippen molar-refractivity contribution in [2.24, 2.45) is 4.99 Å². The van der Waals surface area contributed by atoms with E-state index >= 15 is 0 Å². The molecule has 0 N–H and O–H groups in total. The molecule has 0 bridgehead atoms. The fraction of sp³-hybridized carbons (Fsp3) is 0.611. The van der Waals surface area contributed by atoms with Gasteiger partial charge in [-0.2, -0.15) is 5.06 Å². The van der Waals surface area contributed by atoms with Crippen LogP contribution in [0.25, 0.3) is 0 Å². The predicted octanol–water partition coefficient (Wildman–Crippen LogP) is 3.74. The average Bonchev–Trinajstić information content (AvgIpc) is 2.76. The van der Waals surface area contributed by atoms with Gasteiger partial charge >= 0.3 is 0 Å². The smallest absolute Gasteiger partial charge is 0.221 e. The minimum atomic E-state index is -0.539. The maximum Gasteiger partial charge on any atom is 0.221 e. The van der Waals surface area contributed by atoms with Crippen LogP contribution in [0.3, 0.4) is 0 Å². The summed E-state index contributed by atoms with van der Waals surface area (Å²) in [5.74, 6) is 0.715. The largest absolute Gasteiger partial charge is 0.476 e. The monoisotopic (exact) mass is 302 g/mol. The Morgan fingerprint density at radius 1 is 1.14 bits per heavy atom. The Bertz CT molecular complexity index is 589. The van der Waals surface area contributed by atoms with Crippen molar-refractivity contribution in [3.8, 4) is 0 Å². The number of rotatable bonds is 2. The Kier molecular flexibility index (Phi) is 3.38. The normalized spacial score (nSPS) is 31.4. The van der Waals surface area contributed by atoms with Crippen LogP contribution in [-0.4, -0.2) is 34.2 Å². The number of hydroxylamine groups is 2. The van der Waals surface area contributed by atoms with Crippen LogP contribution in [0, 0.1) is 0 Å². The van der Waals surface area contributed by atoms with Gasteiger partial charge in [0.25, 0.3) is 0 Å². The van der Waals surface area contributed by atoms with Crippen LogP contribution in [0.4, 0.5) is 0 Å². The summed E-state index contributed by atoms with van der Waals surface area (Å²) < 4.78 is 5.89. The van der Waals surface area contributed by atoms with Crippen molar-refractivity contribution in [3.63, 3.8) is 0 Å². The number of benzene rings is 1. The lowest BCUT2D eigenvalue weighted by Gasteiger charge is -2.58. The van der Waals surface area contributed by atoms with E-state index in [9.17, 15) is 0 Å². The van der Waals surface area contributed by atoms with Gasteiger partial charge in [-0.15, -0.1) is 0 Å². The zero-order valence-electron chi connectivity index (χ0n) is 14.4. The van der Waals surface area contributed by atoms with Crippen LogP contribution in [0.2, 0.25) is 0 Å². The van der Waals surface area contributed by atoms with E-state index in [2.05, 4.69) is 70.9 Å². The average molecular weight is 302 g/mol. The Balaban J connectivity index is 1.99. The number of aliphatic imine (C=N–C) groups is 1. The van der Waals surface area contributed by atoms with Crippen LogP contribution >= 0.6 is 0 Å². The lowest BCUT2D eigenvalue weighted by Crippen LogP contribution is -2.68. The van der Waals surface area contributed by atoms with Crippen LogP contribution in [0.15, 0.2) is 35.3 Å². The first kappa shape index (κ1) is 15.5. The van der Waals surface area contributed by atoms with E-state index in [1.807, 2.05) is 6.07 Å². The fourth-order valence-corrected chi connectivity index (χ4v) is 3.09. The van der Waals surface area contributed by atoms with E-state index in [1.54, 1.807) is 0 Å². The summed E-state index contributed by atoms with van der Waals surface area (Å²) in [6.45, 7) is 13.3. The van der Waals surface area contributed by atoms with Gasteiger partial charge in [0.1, 0.15) is 12.6 Å². The molecule has 0 radical (unpaired) electrons. The molecule has 1 aromatic carbocycles. The van der Waals surface area contributed by atoms with Crippen molar-refractivity contribution in [3.05, 3.63) is 35.9 Å². The molecular formula is C18H26N2O2. The first-order chi connectivity index (χ1) is 10.1. The van der Waals surface area contributed by atoms with Gasteiger partial charge in [-0.3, -0.25) is 4.84 Å². The summed E-state index contributed by atoms with van der Waals surface area (Å²) in [7, 11) is 0. The van der Waals surface area contributed by atoms with Crippen molar-refractivity contribution in [2.75, 3.05) is 6.61 Å². The van der Waals surface area contributed by atoms with Crippen molar-refractivity contribution < 1.29 is 9.57 Å². The lowest BCUT2D eigenvalue weighted by atomic mass is 9.84. The quantitative estimate of drug-likeness (QED) is 0.834. The molecule has 4 nitrogen and oxygen atoms in total. The molecule has 120 valence electrons. The Morgan fingerprint density at radius 2 is 1.77 bits per heavy atom. The lowest BCUT2D eigenvalue weighted by molar-refractivity contribution is -0.399. The van der Waals surface area contributed by atoms with Gasteiger partial charge < -0.3 is 4.74 Å². The van der Waals surface area contributed by atoms with Gasteiger partial charge in [-0.1, -0.05) is 30.3 Å². The maximum absolute atomic E-state index is 6.21.